The maximum atomic E-state index is 13.8. The van der Waals surface area contributed by atoms with Crippen molar-refractivity contribution in [3.8, 4) is 0 Å². The second-order valence-electron chi connectivity index (χ2n) is 7.12. The van der Waals surface area contributed by atoms with Crippen molar-refractivity contribution >= 4 is 17.7 Å². The van der Waals surface area contributed by atoms with Gasteiger partial charge in [-0.15, -0.1) is 0 Å². The van der Waals surface area contributed by atoms with E-state index < -0.39 is 17.8 Å². The van der Waals surface area contributed by atoms with Gasteiger partial charge in [0.05, 0.1) is 12.2 Å². The van der Waals surface area contributed by atoms with E-state index in [-0.39, 0.29) is 24.3 Å². The van der Waals surface area contributed by atoms with Crippen LogP contribution in [-0.4, -0.2) is 47.2 Å². The quantitative estimate of drug-likeness (QED) is 0.707. The van der Waals surface area contributed by atoms with E-state index >= 15 is 0 Å². The third kappa shape index (κ3) is 4.69. The van der Waals surface area contributed by atoms with E-state index in [4.69, 9.17) is 5.11 Å². The lowest BCUT2D eigenvalue weighted by atomic mass is 9.85. The van der Waals surface area contributed by atoms with E-state index in [1.54, 1.807) is 19.1 Å². The van der Waals surface area contributed by atoms with Gasteiger partial charge in [0.25, 0.3) is 0 Å². The summed E-state index contributed by atoms with van der Waals surface area (Å²) in [6.45, 7) is 2.61. The minimum Gasteiger partial charge on any atom is -0.480 e. The fourth-order valence-electron chi connectivity index (χ4n) is 3.28. The number of anilines is 1. The second-order valence-corrected chi connectivity index (χ2v) is 7.12. The molecule has 0 aromatic heterocycles. The van der Waals surface area contributed by atoms with Crippen LogP contribution in [0.2, 0.25) is 0 Å². The first kappa shape index (κ1) is 17.7. The molecule has 0 radical (unpaired) electrons. The van der Waals surface area contributed by atoms with Crippen molar-refractivity contribution in [2.45, 2.75) is 44.7 Å². The molecule has 3 rings (SSSR count). The number of carbonyl (C=O) groups is 2. The van der Waals surface area contributed by atoms with E-state index in [1.807, 2.05) is 4.90 Å². The molecule has 136 valence electrons. The van der Waals surface area contributed by atoms with Gasteiger partial charge in [0.15, 0.2) is 0 Å². The zero-order valence-corrected chi connectivity index (χ0v) is 14.3. The number of aryl methyl sites for hydroxylation is 1. The van der Waals surface area contributed by atoms with Gasteiger partial charge in [0.2, 0.25) is 0 Å². The van der Waals surface area contributed by atoms with Crippen molar-refractivity contribution in [3.05, 3.63) is 29.6 Å². The lowest BCUT2D eigenvalue weighted by Gasteiger charge is -2.42. The molecule has 0 saturated heterocycles. The molecule has 2 saturated carbocycles. The molecule has 7 heteroatoms. The van der Waals surface area contributed by atoms with Gasteiger partial charge in [-0.1, -0.05) is 12.1 Å². The molecular formula is C18H24FN3O3. The van der Waals surface area contributed by atoms with Crippen LogP contribution in [0.4, 0.5) is 14.9 Å². The molecule has 2 fully saturated rings. The van der Waals surface area contributed by atoms with Crippen LogP contribution in [0.15, 0.2) is 18.2 Å². The van der Waals surface area contributed by atoms with Gasteiger partial charge in [-0.05, 0) is 50.2 Å². The van der Waals surface area contributed by atoms with Crippen LogP contribution in [0.3, 0.4) is 0 Å². The zero-order valence-electron chi connectivity index (χ0n) is 14.3. The molecule has 2 aliphatic carbocycles. The van der Waals surface area contributed by atoms with E-state index in [2.05, 4.69) is 10.6 Å². The Morgan fingerprint density at radius 3 is 2.64 bits per heavy atom. The van der Waals surface area contributed by atoms with Crippen molar-refractivity contribution in [2.24, 2.45) is 5.92 Å². The number of rotatable bonds is 7. The molecule has 6 nitrogen and oxygen atoms in total. The standard InChI is InChI=1S/C18H24FN3O3/c1-11-3-2-4-15(19)17(11)21-18(25)20-13-7-14(8-13)22(10-16(23)24)9-12-5-6-12/h2-4,12-14H,5-10H2,1H3,(H,23,24)(H2,20,21,25). The number of amides is 2. The molecule has 2 aliphatic rings. The monoisotopic (exact) mass is 349 g/mol. The largest absolute Gasteiger partial charge is 0.480 e. The number of carboxylic acids is 1. The SMILES string of the molecule is Cc1cccc(F)c1NC(=O)NC1CC(N(CC(=O)O)CC2CC2)C1. The molecule has 25 heavy (non-hydrogen) atoms. The second kappa shape index (κ2) is 7.39. The number of benzene rings is 1. The van der Waals surface area contributed by atoms with E-state index in [9.17, 15) is 14.0 Å². The average Bonchev–Trinajstić information content (AvgIpc) is 3.29. The van der Waals surface area contributed by atoms with Gasteiger partial charge >= 0.3 is 12.0 Å². The predicted molar refractivity (Wildman–Crippen MR) is 92.0 cm³/mol. The number of aliphatic carboxylic acids is 1. The molecule has 0 heterocycles. The van der Waals surface area contributed by atoms with Crippen LogP contribution in [0.25, 0.3) is 0 Å². The van der Waals surface area contributed by atoms with Crippen molar-refractivity contribution < 1.29 is 19.1 Å². The van der Waals surface area contributed by atoms with Crippen molar-refractivity contribution in [1.29, 1.82) is 0 Å². The van der Waals surface area contributed by atoms with E-state index in [1.165, 1.54) is 18.9 Å². The van der Waals surface area contributed by atoms with Crippen LogP contribution in [0.1, 0.15) is 31.2 Å². The summed E-state index contributed by atoms with van der Waals surface area (Å²) in [5, 5.41) is 14.5. The number of carboxylic acid groups (broad SMARTS) is 1. The number of para-hydroxylation sites is 1. The Labute approximate surface area is 146 Å². The maximum absolute atomic E-state index is 13.8. The van der Waals surface area contributed by atoms with Crippen molar-refractivity contribution in [2.75, 3.05) is 18.4 Å². The fraction of sp³-hybridized carbons (Fsp3) is 0.556. The molecule has 0 unspecified atom stereocenters. The number of hydrogen-bond acceptors (Lipinski definition) is 3. The summed E-state index contributed by atoms with van der Waals surface area (Å²) >= 11 is 0. The Morgan fingerprint density at radius 1 is 1.32 bits per heavy atom. The minimum atomic E-state index is -0.815. The number of carbonyl (C=O) groups excluding carboxylic acids is 1. The normalized spacial score (nSPS) is 22.4. The minimum absolute atomic E-state index is 0.00687. The Bertz CT molecular complexity index is 637. The van der Waals surface area contributed by atoms with E-state index in [0.29, 0.717) is 11.5 Å². The molecule has 2 amide bonds. The fourth-order valence-corrected chi connectivity index (χ4v) is 3.28. The van der Waals surface area contributed by atoms with Gasteiger partial charge in [0.1, 0.15) is 5.82 Å². The van der Waals surface area contributed by atoms with Crippen LogP contribution >= 0.6 is 0 Å². The summed E-state index contributed by atoms with van der Waals surface area (Å²) in [5.74, 6) is -0.651. The highest BCUT2D eigenvalue weighted by atomic mass is 19.1. The molecule has 0 bridgehead atoms. The molecule has 0 atom stereocenters. The number of hydrogen-bond donors (Lipinski definition) is 3. The topological polar surface area (TPSA) is 81.7 Å². The summed E-state index contributed by atoms with van der Waals surface area (Å²) in [7, 11) is 0. The number of nitrogens with zero attached hydrogens (tertiary/aromatic N) is 1. The predicted octanol–water partition coefficient (Wildman–Crippen LogP) is 2.58. The zero-order chi connectivity index (χ0) is 18.0. The lowest BCUT2D eigenvalue weighted by molar-refractivity contribution is -0.139. The smallest absolute Gasteiger partial charge is 0.319 e. The molecular weight excluding hydrogens is 325 g/mol. The maximum Gasteiger partial charge on any atom is 0.319 e. The summed E-state index contributed by atoms with van der Waals surface area (Å²) in [5.41, 5.74) is 0.857. The summed E-state index contributed by atoms with van der Waals surface area (Å²) < 4.78 is 13.8. The third-order valence-corrected chi connectivity index (χ3v) is 4.95. The van der Waals surface area contributed by atoms with Crippen LogP contribution in [0.5, 0.6) is 0 Å². The van der Waals surface area contributed by atoms with Gasteiger partial charge in [0, 0.05) is 18.6 Å². The summed E-state index contributed by atoms with van der Waals surface area (Å²) in [6, 6.07) is 4.40. The summed E-state index contributed by atoms with van der Waals surface area (Å²) in [4.78, 5) is 25.1. The highest BCUT2D eigenvalue weighted by Gasteiger charge is 2.37. The summed E-state index contributed by atoms with van der Waals surface area (Å²) in [6.07, 6.45) is 3.80. The van der Waals surface area contributed by atoms with E-state index in [0.717, 1.165) is 19.4 Å². The Kier molecular flexibility index (Phi) is 5.22. The molecule has 1 aromatic rings. The van der Waals surface area contributed by atoms with Crippen LogP contribution in [-0.2, 0) is 4.79 Å². The van der Waals surface area contributed by atoms with Gasteiger partial charge < -0.3 is 15.7 Å². The first-order valence-electron chi connectivity index (χ1n) is 8.71. The average molecular weight is 349 g/mol. The first-order chi connectivity index (χ1) is 11.9. The Balaban J connectivity index is 1.47. The molecule has 0 aliphatic heterocycles. The Morgan fingerprint density at radius 2 is 2.04 bits per heavy atom. The number of nitrogens with one attached hydrogen (secondary N) is 2. The molecule has 3 N–H and O–H groups in total. The molecule has 1 aromatic carbocycles. The highest BCUT2D eigenvalue weighted by molar-refractivity contribution is 5.90. The number of halogens is 1. The van der Waals surface area contributed by atoms with Crippen LogP contribution < -0.4 is 10.6 Å². The van der Waals surface area contributed by atoms with Gasteiger partial charge in [-0.3, -0.25) is 9.69 Å². The van der Waals surface area contributed by atoms with Crippen LogP contribution in [0, 0.1) is 18.7 Å². The highest BCUT2D eigenvalue weighted by Crippen LogP contribution is 2.33. The van der Waals surface area contributed by atoms with Gasteiger partial charge in [-0.2, -0.15) is 0 Å². The van der Waals surface area contributed by atoms with Crippen molar-refractivity contribution in [3.63, 3.8) is 0 Å². The third-order valence-electron chi connectivity index (χ3n) is 4.95. The van der Waals surface area contributed by atoms with Crippen molar-refractivity contribution in [1.82, 2.24) is 10.2 Å². The number of urea groups is 1. The molecule has 0 spiro atoms. The first-order valence-corrected chi connectivity index (χ1v) is 8.71. The Hall–Kier alpha value is -2.15. The lowest BCUT2D eigenvalue weighted by Crippen LogP contribution is -2.55. The van der Waals surface area contributed by atoms with Gasteiger partial charge in [-0.25, -0.2) is 9.18 Å².